The first-order valence-corrected chi connectivity index (χ1v) is 4.52. The van der Waals surface area contributed by atoms with Crippen molar-refractivity contribution in [2.24, 2.45) is 0 Å². The van der Waals surface area contributed by atoms with Gasteiger partial charge in [0.25, 0.3) is 5.69 Å². The second kappa shape index (κ2) is 4.54. The molecule has 1 aromatic rings. The lowest BCUT2D eigenvalue weighted by molar-refractivity contribution is -0.384. The van der Waals surface area contributed by atoms with Gasteiger partial charge in [-0.1, -0.05) is 12.1 Å². The van der Waals surface area contributed by atoms with Gasteiger partial charge in [0.15, 0.2) is 0 Å². The van der Waals surface area contributed by atoms with Crippen LogP contribution < -0.4 is 5.32 Å². The predicted octanol–water partition coefficient (Wildman–Crippen LogP) is 1.44. The van der Waals surface area contributed by atoms with Gasteiger partial charge < -0.3 is 5.32 Å². The molecule has 1 unspecified atom stereocenters. The fourth-order valence-electron chi connectivity index (χ4n) is 1.25. The quantitative estimate of drug-likeness (QED) is 0.603. The van der Waals surface area contributed by atoms with Crippen molar-refractivity contribution in [3.63, 3.8) is 0 Å². The van der Waals surface area contributed by atoms with Crippen LogP contribution in [0.5, 0.6) is 0 Å². The zero-order chi connectivity index (χ0) is 11.4. The molecular formula is C10H12N2O3. The lowest BCUT2D eigenvalue weighted by Crippen LogP contribution is -2.23. The highest BCUT2D eigenvalue weighted by Crippen LogP contribution is 2.19. The first-order chi connectivity index (χ1) is 7.06. The van der Waals surface area contributed by atoms with Gasteiger partial charge in [-0.25, -0.2) is 0 Å². The molecular weight excluding hydrogens is 196 g/mol. The predicted molar refractivity (Wildman–Crippen MR) is 55.6 cm³/mol. The highest BCUT2D eigenvalue weighted by atomic mass is 16.6. The number of carbonyl (C=O) groups is 1. The minimum atomic E-state index is -0.464. The minimum absolute atomic E-state index is 0.0304. The fourth-order valence-corrected chi connectivity index (χ4v) is 1.25. The lowest BCUT2D eigenvalue weighted by Gasteiger charge is -2.09. The van der Waals surface area contributed by atoms with E-state index in [0.717, 1.165) is 5.56 Å². The summed E-state index contributed by atoms with van der Waals surface area (Å²) in [5, 5.41) is 12.9. The SMILES string of the molecule is CNC(=O)C(C)c1ccc([N+](=O)[O-])cc1. The third-order valence-electron chi connectivity index (χ3n) is 2.24. The highest BCUT2D eigenvalue weighted by molar-refractivity contribution is 5.82. The molecule has 0 saturated carbocycles. The number of nitrogens with one attached hydrogen (secondary N) is 1. The summed E-state index contributed by atoms with van der Waals surface area (Å²) in [5.74, 6) is -0.403. The highest BCUT2D eigenvalue weighted by Gasteiger charge is 2.14. The smallest absolute Gasteiger partial charge is 0.269 e. The van der Waals surface area contributed by atoms with Gasteiger partial charge in [0.05, 0.1) is 10.8 Å². The first kappa shape index (κ1) is 11.2. The topological polar surface area (TPSA) is 72.2 Å². The standard InChI is InChI=1S/C10H12N2O3/c1-7(10(13)11-2)8-3-5-9(6-4-8)12(14)15/h3-7H,1-2H3,(H,11,13). The molecule has 1 atom stereocenters. The average Bonchev–Trinajstić information content (AvgIpc) is 2.27. The van der Waals surface area contributed by atoms with Gasteiger partial charge in [0.1, 0.15) is 0 Å². The molecule has 0 aliphatic heterocycles. The van der Waals surface area contributed by atoms with Crippen LogP contribution in [0.1, 0.15) is 18.4 Å². The van der Waals surface area contributed by atoms with Crippen molar-refractivity contribution >= 4 is 11.6 Å². The largest absolute Gasteiger partial charge is 0.359 e. The monoisotopic (exact) mass is 208 g/mol. The van der Waals surface area contributed by atoms with Crippen LogP contribution in [-0.2, 0) is 4.79 Å². The number of rotatable bonds is 3. The third-order valence-corrected chi connectivity index (χ3v) is 2.24. The number of likely N-dealkylation sites (N-methyl/N-ethyl adjacent to an activating group) is 1. The Hall–Kier alpha value is -1.91. The summed E-state index contributed by atoms with van der Waals surface area (Å²) >= 11 is 0. The molecule has 0 heterocycles. The van der Waals surface area contributed by atoms with Crippen LogP contribution >= 0.6 is 0 Å². The van der Waals surface area contributed by atoms with Gasteiger partial charge in [0.2, 0.25) is 5.91 Å². The van der Waals surface area contributed by atoms with Crippen LogP contribution in [0.2, 0.25) is 0 Å². The molecule has 0 bridgehead atoms. The fraction of sp³-hybridized carbons (Fsp3) is 0.300. The summed E-state index contributed by atoms with van der Waals surface area (Å²) < 4.78 is 0. The Balaban J connectivity index is 2.89. The van der Waals surface area contributed by atoms with E-state index in [2.05, 4.69) is 5.32 Å². The Morgan fingerprint density at radius 1 is 1.40 bits per heavy atom. The first-order valence-electron chi connectivity index (χ1n) is 4.52. The molecule has 15 heavy (non-hydrogen) atoms. The lowest BCUT2D eigenvalue weighted by atomic mass is 10.0. The Kier molecular flexibility index (Phi) is 3.38. The minimum Gasteiger partial charge on any atom is -0.359 e. The molecule has 0 aliphatic rings. The van der Waals surface area contributed by atoms with Gasteiger partial charge in [-0.3, -0.25) is 14.9 Å². The van der Waals surface area contributed by atoms with Crippen LogP contribution in [0, 0.1) is 10.1 Å². The van der Waals surface area contributed by atoms with Crippen molar-refractivity contribution in [1.82, 2.24) is 5.32 Å². The maximum Gasteiger partial charge on any atom is 0.269 e. The van der Waals surface area contributed by atoms with E-state index in [-0.39, 0.29) is 17.5 Å². The molecule has 1 amide bonds. The van der Waals surface area contributed by atoms with Gasteiger partial charge >= 0.3 is 0 Å². The molecule has 5 nitrogen and oxygen atoms in total. The summed E-state index contributed by atoms with van der Waals surface area (Å²) in [4.78, 5) is 21.2. The number of nitro groups is 1. The molecule has 0 spiro atoms. The van der Waals surface area contributed by atoms with Crippen LogP contribution in [0.3, 0.4) is 0 Å². The molecule has 0 aromatic heterocycles. The number of hydrogen-bond donors (Lipinski definition) is 1. The van der Waals surface area contributed by atoms with E-state index in [0.29, 0.717) is 0 Å². The maximum atomic E-state index is 11.3. The summed E-state index contributed by atoms with van der Waals surface area (Å²) in [6.45, 7) is 1.75. The molecule has 0 fully saturated rings. The zero-order valence-electron chi connectivity index (χ0n) is 8.56. The number of non-ortho nitro benzene ring substituents is 1. The number of benzene rings is 1. The Morgan fingerprint density at radius 2 is 1.93 bits per heavy atom. The summed E-state index contributed by atoms with van der Waals surface area (Å²) in [5.41, 5.74) is 0.794. The average molecular weight is 208 g/mol. The van der Waals surface area contributed by atoms with Gasteiger partial charge in [-0.05, 0) is 12.5 Å². The van der Waals surface area contributed by atoms with Crippen LogP contribution in [-0.4, -0.2) is 17.9 Å². The number of nitro benzene ring substituents is 1. The van der Waals surface area contributed by atoms with E-state index in [1.165, 1.54) is 12.1 Å². The molecule has 5 heteroatoms. The van der Waals surface area contributed by atoms with E-state index in [4.69, 9.17) is 0 Å². The summed E-state index contributed by atoms with van der Waals surface area (Å²) in [6, 6.07) is 5.99. The Labute approximate surface area is 87.3 Å². The van der Waals surface area contributed by atoms with E-state index in [9.17, 15) is 14.9 Å². The maximum absolute atomic E-state index is 11.3. The van der Waals surface area contributed by atoms with Crippen molar-refractivity contribution < 1.29 is 9.72 Å². The van der Waals surface area contributed by atoms with E-state index in [1.807, 2.05) is 0 Å². The molecule has 1 rings (SSSR count). The Bertz CT molecular complexity index is 373. The van der Waals surface area contributed by atoms with E-state index < -0.39 is 4.92 Å². The Morgan fingerprint density at radius 3 is 2.33 bits per heavy atom. The second-order valence-corrected chi connectivity index (χ2v) is 3.18. The van der Waals surface area contributed by atoms with Crippen molar-refractivity contribution in [3.05, 3.63) is 39.9 Å². The molecule has 0 radical (unpaired) electrons. The summed E-state index contributed by atoms with van der Waals surface area (Å²) in [6.07, 6.45) is 0. The number of nitrogens with zero attached hydrogens (tertiary/aromatic N) is 1. The molecule has 1 aromatic carbocycles. The van der Waals surface area contributed by atoms with Crippen molar-refractivity contribution in [3.8, 4) is 0 Å². The molecule has 1 N–H and O–H groups in total. The normalized spacial score (nSPS) is 11.9. The second-order valence-electron chi connectivity index (χ2n) is 3.18. The molecule has 0 aliphatic carbocycles. The van der Waals surface area contributed by atoms with Gasteiger partial charge in [-0.2, -0.15) is 0 Å². The van der Waals surface area contributed by atoms with Crippen molar-refractivity contribution in [2.75, 3.05) is 7.05 Å². The van der Waals surface area contributed by atoms with Crippen molar-refractivity contribution in [2.45, 2.75) is 12.8 Å². The molecule has 0 saturated heterocycles. The van der Waals surface area contributed by atoms with Crippen molar-refractivity contribution in [1.29, 1.82) is 0 Å². The summed E-state index contributed by atoms with van der Waals surface area (Å²) in [7, 11) is 1.56. The van der Waals surface area contributed by atoms with E-state index in [1.54, 1.807) is 26.1 Å². The van der Waals surface area contributed by atoms with Crippen LogP contribution in [0.15, 0.2) is 24.3 Å². The van der Waals surface area contributed by atoms with Crippen LogP contribution in [0.4, 0.5) is 5.69 Å². The van der Waals surface area contributed by atoms with Gasteiger partial charge in [-0.15, -0.1) is 0 Å². The molecule has 80 valence electrons. The number of carbonyl (C=O) groups excluding carboxylic acids is 1. The number of amides is 1. The van der Waals surface area contributed by atoms with Gasteiger partial charge in [0, 0.05) is 19.2 Å². The van der Waals surface area contributed by atoms with Crippen LogP contribution in [0.25, 0.3) is 0 Å². The van der Waals surface area contributed by atoms with E-state index >= 15 is 0 Å². The zero-order valence-corrected chi connectivity index (χ0v) is 8.56. The third kappa shape index (κ3) is 2.52. The number of hydrogen-bond acceptors (Lipinski definition) is 3.